The van der Waals surface area contributed by atoms with E-state index in [1.807, 2.05) is 0 Å². The van der Waals surface area contributed by atoms with Gasteiger partial charge in [0.1, 0.15) is 42.7 Å². The number of hydrogen-bond donors (Lipinski definition) is 7. The highest BCUT2D eigenvalue weighted by atomic mass is 16.7. The molecule has 2 heterocycles. The molecule has 0 spiro atoms. The van der Waals surface area contributed by atoms with Gasteiger partial charge in [-0.2, -0.15) is 0 Å². The monoisotopic (exact) mass is 312 g/mol. The SMILES string of the molecule is OC1O[C@H](CO[C@@H]2OC[C@@H](O)[C@H](O)[C@H]2O)[C@@H](O)[C@H](O)[C@H]1O. The average molecular weight is 312 g/mol. The predicted molar refractivity (Wildman–Crippen MR) is 62.6 cm³/mol. The summed E-state index contributed by atoms with van der Waals surface area (Å²) in [6, 6.07) is 0. The Morgan fingerprint density at radius 1 is 0.810 bits per heavy atom. The maximum atomic E-state index is 9.70. The van der Waals surface area contributed by atoms with Crippen LogP contribution in [0.5, 0.6) is 0 Å². The van der Waals surface area contributed by atoms with E-state index < -0.39 is 55.3 Å². The first-order valence-electron chi connectivity index (χ1n) is 6.48. The molecular formula is C11H20O10. The van der Waals surface area contributed by atoms with Crippen LogP contribution in [0.15, 0.2) is 0 Å². The molecule has 21 heavy (non-hydrogen) atoms. The van der Waals surface area contributed by atoms with Gasteiger partial charge in [-0.1, -0.05) is 0 Å². The van der Waals surface area contributed by atoms with E-state index >= 15 is 0 Å². The molecule has 1 unspecified atom stereocenters. The van der Waals surface area contributed by atoms with Crippen molar-refractivity contribution in [2.45, 2.75) is 55.3 Å². The van der Waals surface area contributed by atoms with E-state index in [2.05, 4.69) is 0 Å². The zero-order chi connectivity index (χ0) is 15.7. The molecule has 124 valence electrons. The first-order chi connectivity index (χ1) is 9.82. The topological polar surface area (TPSA) is 169 Å². The lowest BCUT2D eigenvalue weighted by molar-refractivity contribution is -0.312. The number of rotatable bonds is 3. The number of hydrogen-bond acceptors (Lipinski definition) is 10. The van der Waals surface area contributed by atoms with Crippen molar-refractivity contribution < 1.29 is 50.0 Å². The fourth-order valence-electron chi connectivity index (χ4n) is 2.18. The minimum absolute atomic E-state index is 0.249. The quantitative estimate of drug-likeness (QED) is 0.268. The molecule has 2 rings (SSSR count). The Labute approximate surface area is 119 Å². The van der Waals surface area contributed by atoms with Crippen molar-refractivity contribution in [2.24, 2.45) is 0 Å². The highest BCUT2D eigenvalue weighted by Crippen LogP contribution is 2.22. The van der Waals surface area contributed by atoms with Crippen LogP contribution < -0.4 is 0 Å². The molecule has 0 aromatic heterocycles. The highest BCUT2D eigenvalue weighted by Gasteiger charge is 2.44. The minimum Gasteiger partial charge on any atom is -0.388 e. The van der Waals surface area contributed by atoms with Gasteiger partial charge in [0, 0.05) is 0 Å². The zero-order valence-corrected chi connectivity index (χ0v) is 11.0. The van der Waals surface area contributed by atoms with Crippen molar-refractivity contribution in [1.82, 2.24) is 0 Å². The summed E-state index contributed by atoms with van der Waals surface area (Å²) in [5.74, 6) is 0. The molecule has 2 saturated heterocycles. The third-order valence-electron chi connectivity index (χ3n) is 3.57. The third-order valence-corrected chi connectivity index (χ3v) is 3.57. The third kappa shape index (κ3) is 3.51. The molecule has 2 aliphatic rings. The van der Waals surface area contributed by atoms with Crippen molar-refractivity contribution >= 4 is 0 Å². The Morgan fingerprint density at radius 3 is 2.14 bits per heavy atom. The summed E-state index contributed by atoms with van der Waals surface area (Å²) in [7, 11) is 0. The standard InChI is InChI=1S/C11H20O10/c12-3-1-19-11(9(17)5(3)13)20-2-4-6(14)7(15)8(16)10(18)21-4/h3-18H,1-2H2/t3-,4-,5+,6-,7+,8-,9-,10?,11+/m1/s1. The van der Waals surface area contributed by atoms with Gasteiger partial charge in [0.15, 0.2) is 12.6 Å². The number of aliphatic hydroxyl groups is 7. The molecule has 10 nitrogen and oxygen atoms in total. The summed E-state index contributed by atoms with van der Waals surface area (Å²) in [6.07, 6.45) is -13.1. The van der Waals surface area contributed by atoms with Crippen LogP contribution in [0.1, 0.15) is 0 Å². The van der Waals surface area contributed by atoms with Crippen molar-refractivity contribution in [1.29, 1.82) is 0 Å². The first-order valence-corrected chi connectivity index (χ1v) is 6.48. The smallest absolute Gasteiger partial charge is 0.186 e. The first kappa shape index (κ1) is 17.0. The molecular weight excluding hydrogens is 292 g/mol. The normalized spacial score (nSPS) is 51.9. The molecule has 0 saturated carbocycles. The van der Waals surface area contributed by atoms with Gasteiger partial charge >= 0.3 is 0 Å². The predicted octanol–water partition coefficient (Wildman–Crippen LogP) is -4.76. The summed E-state index contributed by atoms with van der Waals surface area (Å²) in [4.78, 5) is 0. The van der Waals surface area contributed by atoms with Gasteiger partial charge in [-0.15, -0.1) is 0 Å². The highest BCUT2D eigenvalue weighted by molar-refractivity contribution is 4.89. The largest absolute Gasteiger partial charge is 0.388 e. The van der Waals surface area contributed by atoms with E-state index in [0.29, 0.717) is 0 Å². The summed E-state index contributed by atoms with van der Waals surface area (Å²) in [6.45, 7) is -0.631. The van der Waals surface area contributed by atoms with E-state index in [-0.39, 0.29) is 13.2 Å². The van der Waals surface area contributed by atoms with Crippen molar-refractivity contribution in [3.63, 3.8) is 0 Å². The van der Waals surface area contributed by atoms with Gasteiger partial charge in [-0.05, 0) is 0 Å². The van der Waals surface area contributed by atoms with Gasteiger partial charge in [0.05, 0.1) is 13.2 Å². The second-order valence-corrected chi connectivity index (χ2v) is 5.12. The van der Waals surface area contributed by atoms with Crippen LogP contribution in [0.3, 0.4) is 0 Å². The van der Waals surface area contributed by atoms with Crippen LogP contribution in [0.2, 0.25) is 0 Å². The lowest BCUT2D eigenvalue weighted by atomic mass is 9.99. The molecule has 7 N–H and O–H groups in total. The van der Waals surface area contributed by atoms with Crippen LogP contribution in [-0.4, -0.2) is 104 Å². The van der Waals surface area contributed by atoms with Gasteiger partial charge in [0.2, 0.25) is 0 Å². The van der Waals surface area contributed by atoms with Crippen molar-refractivity contribution in [3.8, 4) is 0 Å². The fraction of sp³-hybridized carbons (Fsp3) is 1.00. The van der Waals surface area contributed by atoms with Gasteiger partial charge < -0.3 is 50.0 Å². The maximum absolute atomic E-state index is 9.70. The Hall–Kier alpha value is -0.400. The molecule has 0 amide bonds. The molecule has 0 aliphatic carbocycles. The van der Waals surface area contributed by atoms with Crippen molar-refractivity contribution in [3.05, 3.63) is 0 Å². The summed E-state index contributed by atoms with van der Waals surface area (Å²) >= 11 is 0. The Morgan fingerprint density at radius 2 is 1.48 bits per heavy atom. The summed E-state index contributed by atoms with van der Waals surface area (Å²) in [5, 5.41) is 66.2. The molecule has 0 radical (unpaired) electrons. The lowest BCUT2D eigenvalue weighted by Gasteiger charge is -2.40. The van der Waals surface area contributed by atoms with Crippen LogP contribution in [-0.2, 0) is 14.2 Å². The molecule has 2 fully saturated rings. The van der Waals surface area contributed by atoms with Crippen LogP contribution in [0, 0.1) is 0 Å². The van der Waals surface area contributed by atoms with Gasteiger partial charge in [-0.3, -0.25) is 0 Å². The maximum Gasteiger partial charge on any atom is 0.186 e. The van der Waals surface area contributed by atoms with E-state index in [1.165, 1.54) is 0 Å². The Bertz CT molecular complexity index is 341. The minimum atomic E-state index is -1.69. The molecule has 0 aromatic carbocycles. The van der Waals surface area contributed by atoms with Crippen LogP contribution in [0.25, 0.3) is 0 Å². The zero-order valence-electron chi connectivity index (χ0n) is 11.0. The molecule has 0 bridgehead atoms. The van der Waals surface area contributed by atoms with E-state index in [1.54, 1.807) is 0 Å². The number of ether oxygens (including phenoxy) is 3. The van der Waals surface area contributed by atoms with Crippen LogP contribution in [0.4, 0.5) is 0 Å². The summed E-state index contributed by atoms with van der Waals surface area (Å²) in [5.41, 5.74) is 0. The molecule has 0 aromatic rings. The number of aliphatic hydroxyl groups excluding tert-OH is 7. The Kier molecular flexibility index (Phi) is 5.48. The second-order valence-electron chi connectivity index (χ2n) is 5.12. The second kappa shape index (κ2) is 6.79. The fourth-order valence-corrected chi connectivity index (χ4v) is 2.18. The molecule has 2 aliphatic heterocycles. The Balaban J connectivity index is 1.88. The van der Waals surface area contributed by atoms with E-state index in [0.717, 1.165) is 0 Å². The molecule has 10 heteroatoms. The van der Waals surface area contributed by atoms with Gasteiger partial charge in [-0.25, -0.2) is 0 Å². The van der Waals surface area contributed by atoms with Gasteiger partial charge in [0.25, 0.3) is 0 Å². The molecule has 9 atom stereocenters. The van der Waals surface area contributed by atoms with Crippen molar-refractivity contribution in [2.75, 3.05) is 13.2 Å². The lowest BCUT2D eigenvalue weighted by Crippen LogP contribution is -2.59. The van der Waals surface area contributed by atoms with Crippen LogP contribution >= 0.6 is 0 Å². The summed E-state index contributed by atoms with van der Waals surface area (Å²) < 4.78 is 15.0. The van der Waals surface area contributed by atoms with E-state index in [9.17, 15) is 35.7 Å². The average Bonchev–Trinajstić information content (AvgIpc) is 2.46. The van der Waals surface area contributed by atoms with E-state index in [4.69, 9.17) is 14.2 Å².